The second kappa shape index (κ2) is 7.20. The van der Waals surface area contributed by atoms with E-state index < -0.39 is 0 Å². The van der Waals surface area contributed by atoms with Gasteiger partial charge < -0.3 is 14.7 Å². The minimum absolute atomic E-state index is 0.106. The molecular weight excluding hydrogens is 256 g/mol. The standard InChI is InChI=1S/C15H26N2O3/c1-2-4-15(13-18)5-3-6-16(12-15)11-14(19)17-7-9-20-10-8-17/h2,18H,1,3-13H2/t15-/m0/s1. The molecule has 0 unspecified atom stereocenters. The highest BCUT2D eigenvalue weighted by Gasteiger charge is 2.34. The van der Waals surface area contributed by atoms with E-state index in [4.69, 9.17) is 4.74 Å². The lowest BCUT2D eigenvalue weighted by Crippen LogP contribution is -2.51. The highest BCUT2D eigenvalue weighted by Crippen LogP contribution is 2.33. The number of aliphatic hydroxyl groups is 1. The zero-order chi connectivity index (χ0) is 14.4. The third-order valence-electron chi connectivity index (χ3n) is 4.38. The van der Waals surface area contributed by atoms with E-state index in [0.29, 0.717) is 32.8 Å². The fourth-order valence-electron chi connectivity index (χ4n) is 3.22. The molecule has 5 nitrogen and oxygen atoms in total. The molecule has 0 aromatic heterocycles. The summed E-state index contributed by atoms with van der Waals surface area (Å²) in [6.45, 7) is 8.82. The number of hydrogen-bond donors (Lipinski definition) is 1. The van der Waals surface area contributed by atoms with Crippen LogP contribution in [0.25, 0.3) is 0 Å². The Morgan fingerprint density at radius 3 is 2.75 bits per heavy atom. The normalized spacial score (nSPS) is 28.4. The van der Waals surface area contributed by atoms with Gasteiger partial charge in [0, 0.05) is 25.0 Å². The van der Waals surface area contributed by atoms with Crippen molar-refractivity contribution in [2.24, 2.45) is 5.41 Å². The number of carbonyl (C=O) groups excluding carboxylic acids is 1. The molecule has 0 radical (unpaired) electrons. The second-order valence-electron chi connectivity index (χ2n) is 5.96. The first-order valence-electron chi connectivity index (χ1n) is 7.49. The molecule has 1 atom stereocenters. The van der Waals surface area contributed by atoms with E-state index in [1.165, 1.54) is 0 Å². The molecule has 0 aliphatic carbocycles. The van der Waals surface area contributed by atoms with Gasteiger partial charge in [0.2, 0.25) is 5.91 Å². The molecule has 2 heterocycles. The molecule has 2 aliphatic heterocycles. The van der Waals surface area contributed by atoms with E-state index in [1.807, 2.05) is 11.0 Å². The van der Waals surface area contributed by atoms with E-state index in [9.17, 15) is 9.90 Å². The average Bonchev–Trinajstić information content (AvgIpc) is 2.49. The third-order valence-corrected chi connectivity index (χ3v) is 4.38. The van der Waals surface area contributed by atoms with Crippen LogP contribution < -0.4 is 0 Å². The van der Waals surface area contributed by atoms with Gasteiger partial charge in [-0.3, -0.25) is 9.69 Å². The Morgan fingerprint density at radius 1 is 1.35 bits per heavy atom. The molecule has 2 saturated heterocycles. The van der Waals surface area contributed by atoms with Crippen LogP contribution in [0, 0.1) is 5.41 Å². The number of morpholine rings is 1. The Balaban J connectivity index is 1.88. The predicted octanol–water partition coefficient (Wildman–Crippen LogP) is 0.496. The molecule has 0 bridgehead atoms. The maximum Gasteiger partial charge on any atom is 0.236 e. The minimum atomic E-state index is -0.106. The van der Waals surface area contributed by atoms with E-state index in [-0.39, 0.29) is 17.9 Å². The Kier molecular flexibility index (Phi) is 5.57. The second-order valence-corrected chi connectivity index (χ2v) is 5.96. The number of hydrogen-bond acceptors (Lipinski definition) is 4. The number of allylic oxidation sites excluding steroid dienone is 1. The highest BCUT2D eigenvalue weighted by atomic mass is 16.5. The monoisotopic (exact) mass is 282 g/mol. The quantitative estimate of drug-likeness (QED) is 0.746. The molecule has 1 N–H and O–H groups in total. The Labute approximate surface area is 121 Å². The van der Waals surface area contributed by atoms with Crippen molar-refractivity contribution < 1.29 is 14.6 Å². The average molecular weight is 282 g/mol. The Morgan fingerprint density at radius 2 is 2.10 bits per heavy atom. The van der Waals surface area contributed by atoms with Gasteiger partial charge in [-0.15, -0.1) is 6.58 Å². The van der Waals surface area contributed by atoms with Gasteiger partial charge in [-0.1, -0.05) is 6.08 Å². The van der Waals surface area contributed by atoms with Gasteiger partial charge in [-0.2, -0.15) is 0 Å². The van der Waals surface area contributed by atoms with Gasteiger partial charge in [0.1, 0.15) is 0 Å². The predicted molar refractivity (Wildman–Crippen MR) is 77.4 cm³/mol. The van der Waals surface area contributed by atoms with Crippen LogP contribution in [0.4, 0.5) is 0 Å². The molecule has 2 aliphatic rings. The maximum absolute atomic E-state index is 12.3. The SMILES string of the molecule is C=CC[C@]1(CO)CCCN(CC(=O)N2CCOCC2)C1. The van der Waals surface area contributed by atoms with Crippen LogP contribution in [-0.4, -0.2) is 73.4 Å². The summed E-state index contributed by atoms with van der Waals surface area (Å²) < 4.78 is 5.27. The number of ether oxygens (including phenoxy) is 1. The zero-order valence-electron chi connectivity index (χ0n) is 12.2. The number of nitrogens with zero attached hydrogens (tertiary/aromatic N) is 2. The van der Waals surface area contributed by atoms with Crippen LogP contribution in [0.15, 0.2) is 12.7 Å². The molecule has 5 heteroatoms. The highest BCUT2D eigenvalue weighted by molar-refractivity contribution is 5.78. The van der Waals surface area contributed by atoms with Gasteiger partial charge >= 0.3 is 0 Å². The number of carbonyl (C=O) groups is 1. The van der Waals surface area contributed by atoms with Crippen LogP contribution in [0.5, 0.6) is 0 Å². The molecule has 20 heavy (non-hydrogen) atoms. The smallest absolute Gasteiger partial charge is 0.236 e. The maximum atomic E-state index is 12.3. The number of rotatable bonds is 5. The lowest BCUT2D eigenvalue weighted by Gasteiger charge is -2.41. The number of likely N-dealkylation sites (tertiary alicyclic amines) is 1. The minimum Gasteiger partial charge on any atom is -0.396 e. The molecule has 114 valence electrons. The zero-order valence-corrected chi connectivity index (χ0v) is 12.2. The molecular formula is C15H26N2O3. The molecule has 0 spiro atoms. The van der Waals surface area contributed by atoms with Crippen molar-refractivity contribution in [3.63, 3.8) is 0 Å². The van der Waals surface area contributed by atoms with E-state index in [2.05, 4.69) is 11.5 Å². The number of aliphatic hydroxyl groups excluding tert-OH is 1. The molecule has 0 saturated carbocycles. The largest absolute Gasteiger partial charge is 0.396 e. The Bertz CT molecular complexity index is 342. The summed E-state index contributed by atoms with van der Waals surface area (Å²) in [6, 6.07) is 0. The fraction of sp³-hybridized carbons (Fsp3) is 0.800. The van der Waals surface area contributed by atoms with Crippen LogP contribution in [0.2, 0.25) is 0 Å². The van der Waals surface area contributed by atoms with Crippen molar-refractivity contribution in [1.82, 2.24) is 9.80 Å². The summed E-state index contributed by atoms with van der Waals surface area (Å²) in [5.41, 5.74) is -0.106. The summed E-state index contributed by atoms with van der Waals surface area (Å²) >= 11 is 0. The number of amides is 1. The summed E-state index contributed by atoms with van der Waals surface area (Å²) in [7, 11) is 0. The first-order valence-corrected chi connectivity index (χ1v) is 7.49. The van der Waals surface area contributed by atoms with Crippen molar-refractivity contribution in [2.75, 3.05) is 52.5 Å². The van der Waals surface area contributed by atoms with Crippen molar-refractivity contribution in [3.8, 4) is 0 Å². The number of piperidine rings is 1. The summed E-state index contributed by atoms with van der Waals surface area (Å²) in [5.74, 6) is 0.181. The van der Waals surface area contributed by atoms with E-state index in [0.717, 1.165) is 32.4 Å². The van der Waals surface area contributed by atoms with Gasteiger partial charge in [0.25, 0.3) is 0 Å². The summed E-state index contributed by atoms with van der Waals surface area (Å²) in [4.78, 5) is 16.3. The van der Waals surface area contributed by atoms with Crippen molar-refractivity contribution in [2.45, 2.75) is 19.3 Å². The lowest BCUT2D eigenvalue weighted by molar-refractivity contribution is -0.137. The van der Waals surface area contributed by atoms with Gasteiger partial charge in [0.15, 0.2) is 0 Å². The molecule has 2 rings (SSSR count). The molecule has 2 fully saturated rings. The molecule has 0 aromatic carbocycles. The van der Waals surface area contributed by atoms with Crippen molar-refractivity contribution in [3.05, 3.63) is 12.7 Å². The van der Waals surface area contributed by atoms with Crippen LogP contribution in [0.3, 0.4) is 0 Å². The first-order chi connectivity index (χ1) is 9.69. The summed E-state index contributed by atoms with van der Waals surface area (Å²) in [6.07, 6.45) is 4.73. The van der Waals surface area contributed by atoms with Crippen molar-refractivity contribution in [1.29, 1.82) is 0 Å². The Hall–Kier alpha value is -0.910. The van der Waals surface area contributed by atoms with E-state index in [1.54, 1.807) is 0 Å². The van der Waals surface area contributed by atoms with Gasteiger partial charge in [-0.25, -0.2) is 0 Å². The summed E-state index contributed by atoms with van der Waals surface area (Å²) in [5, 5.41) is 9.69. The van der Waals surface area contributed by atoms with Crippen molar-refractivity contribution >= 4 is 5.91 Å². The molecule has 0 aromatic rings. The van der Waals surface area contributed by atoms with Gasteiger partial charge in [-0.05, 0) is 25.8 Å². The lowest BCUT2D eigenvalue weighted by atomic mass is 9.78. The molecule has 1 amide bonds. The van der Waals surface area contributed by atoms with Crippen LogP contribution in [0.1, 0.15) is 19.3 Å². The van der Waals surface area contributed by atoms with Crippen LogP contribution >= 0.6 is 0 Å². The first kappa shape index (κ1) is 15.5. The topological polar surface area (TPSA) is 53.0 Å². The third kappa shape index (κ3) is 3.81. The fourth-order valence-corrected chi connectivity index (χ4v) is 3.22. The van der Waals surface area contributed by atoms with Crippen LogP contribution in [-0.2, 0) is 9.53 Å². The van der Waals surface area contributed by atoms with E-state index >= 15 is 0 Å². The van der Waals surface area contributed by atoms with Gasteiger partial charge in [0.05, 0.1) is 26.4 Å².